The molecule has 0 radical (unpaired) electrons. The maximum atomic E-state index is 11.8. The molecule has 2 aromatic carbocycles. The summed E-state index contributed by atoms with van der Waals surface area (Å²) in [6.07, 6.45) is 0.106. The van der Waals surface area contributed by atoms with Gasteiger partial charge in [0.1, 0.15) is 19.0 Å². The Morgan fingerprint density at radius 3 is 2.39 bits per heavy atom. The number of rotatable bonds is 5. The number of carbonyl (C=O) groups excluding carboxylic acids is 1. The summed E-state index contributed by atoms with van der Waals surface area (Å²) < 4.78 is 5.70. The van der Waals surface area contributed by atoms with Crippen LogP contribution in [0.25, 0.3) is 22.6 Å². The molecule has 0 aliphatic rings. The van der Waals surface area contributed by atoms with Crippen LogP contribution < -0.4 is 0 Å². The van der Waals surface area contributed by atoms with Gasteiger partial charge >= 0.3 is 0 Å². The van der Waals surface area contributed by atoms with Crippen LogP contribution in [0.1, 0.15) is 5.56 Å². The minimum atomic E-state index is -0.504. The van der Waals surface area contributed by atoms with Gasteiger partial charge in [0.15, 0.2) is 5.58 Å². The Hall–Kier alpha value is -2.70. The molecular weight excluding hydrogens is 296 g/mol. The van der Waals surface area contributed by atoms with Gasteiger partial charge in [-0.15, -0.1) is 0 Å². The zero-order chi connectivity index (χ0) is 16.2. The number of aliphatic hydroxyl groups is 2. The number of aromatic nitrogens is 1. The van der Waals surface area contributed by atoms with Crippen molar-refractivity contribution in [1.29, 1.82) is 0 Å². The number of hydrogen-bond donors (Lipinski definition) is 2. The predicted octanol–water partition coefficient (Wildman–Crippen LogP) is 1.77. The van der Waals surface area contributed by atoms with Gasteiger partial charge in [-0.05, 0) is 29.8 Å². The van der Waals surface area contributed by atoms with Crippen molar-refractivity contribution in [2.45, 2.75) is 6.42 Å². The van der Waals surface area contributed by atoms with Gasteiger partial charge in [-0.1, -0.05) is 24.3 Å². The number of aliphatic hydroxyl groups excluding tert-OH is 2. The van der Waals surface area contributed by atoms with Crippen LogP contribution in [0, 0.1) is 0 Å². The number of para-hydroxylation sites is 2. The molecule has 6 heteroatoms. The number of fused-ring (bicyclic) bond motifs is 1. The van der Waals surface area contributed by atoms with E-state index < -0.39 is 13.5 Å². The Morgan fingerprint density at radius 1 is 1.04 bits per heavy atom. The fraction of sp³-hybridized carbons (Fsp3) is 0.176. The van der Waals surface area contributed by atoms with Gasteiger partial charge < -0.3 is 14.6 Å². The van der Waals surface area contributed by atoms with E-state index in [1.807, 2.05) is 36.4 Å². The summed E-state index contributed by atoms with van der Waals surface area (Å²) in [5.41, 5.74) is 3.12. The number of oxazole rings is 1. The van der Waals surface area contributed by atoms with Crippen molar-refractivity contribution in [2.24, 2.45) is 0 Å². The molecule has 6 nitrogen and oxygen atoms in total. The van der Waals surface area contributed by atoms with Gasteiger partial charge in [0.05, 0.1) is 6.42 Å². The van der Waals surface area contributed by atoms with Crippen molar-refractivity contribution in [3.8, 4) is 11.5 Å². The van der Waals surface area contributed by atoms with Gasteiger partial charge in [0, 0.05) is 5.56 Å². The topological polar surface area (TPSA) is 86.8 Å². The van der Waals surface area contributed by atoms with Gasteiger partial charge in [0.25, 0.3) is 0 Å². The van der Waals surface area contributed by atoms with Crippen LogP contribution in [0.3, 0.4) is 0 Å². The highest BCUT2D eigenvalue weighted by Crippen LogP contribution is 2.24. The number of hydrogen-bond acceptors (Lipinski definition) is 5. The van der Waals surface area contributed by atoms with Crippen LogP contribution in [0.15, 0.2) is 52.9 Å². The highest BCUT2D eigenvalue weighted by molar-refractivity contribution is 5.79. The van der Waals surface area contributed by atoms with Crippen molar-refractivity contribution in [3.63, 3.8) is 0 Å². The smallest absolute Gasteiger partial charge is 0.230 e. The van der Waals surface area contributed by atoms with Crippen LogP contribution in [-0.4, -0.2) is 39.5 Å². The molecule has 0 atom stereocenters. The van der Waals surface area contributed by atoms with Crippen molar-refractivity contribution in [1.82, 2.24) is 9.88 Å². The fourth-order valence-electron chi connectivity index (χ4n) is 2.25. The van der Waals surface area contributed by atoms with E-state index in [0.717, 1.165) is 27.1 Å². The third kappa shape index (κ3) is 3.23. The lowest BCUT2D eigenvalue weighted by Crippen LogP contribution is -2.33. The molecule has 0 bridgehead atoms. The molecule has 118 valence electrons. The highest BCUT2D eigenvalue weighted by atomic mass is 16.3. The van der Waals surface area contributed by atoms with E-state index in [4.69, 9.17) is 14.6 Å². The third-order valence-electron chi connectivity index (χ3n) is 3.54. The number of carbonyl (C=O) groups is 1. The van der Waals surface area contributed by atoms with E-state index in [-0.39, 0.29) is 12.3 Å². The lowest BCUT2D eigenvalue weighted by atomic mass is 10.1. The van der Waals surface area contributed by atoms with Crippen molar-refractivity contribution < 1.29 is 19.4 Å². The van der Waals surface area contributed by atoms with Crippen molar-refractivity contribution in [3.05, 3.63) is 54.1 Å². The van der Waals surface area contributed by atoms with Gasteiger partial charge in [-0.3, -0.25) is 9.69 Å². The van der Waals surface area contributed by atoms with E-state index in [1.54, 1.807) is 12.1 Å². The van der Waals surface area contributed by atoms with Crippen LogP contribution in [-0.2, 0) is 11.2 Å². The van der Waals surface area contributed by atoms with Gasteiger partial charge in [0.2, 0.25) is 11.8 Å². The summed E-state index contributed by atoms with van der Waals surface area (Å²) in [6, 6.07) is 14.8. The first-order chi connectivity index (χ1) is 11.2. The summed E-state index contributed by atoms with van der Waals surface area (Å²) in [4.78, 5) is 17.2. The second-order valence-corrected chi connectivity index (χ2v) is 5.08. The molecule has 0 saturated carbocycles. The quantitative estimate of drug-likeness (QED) is 0.701. The first kappa shape index (κ1) is 15.2. The standard InChI is InChI=1S/C17H16N2O4/c20-10-19(11-21)16(22)9-12-5-7-13(8-6-12)17-18-14-3-1-2-4-15(14)23-17/h1-8,20-21H,9-11H2. The Morgan fingerprint density at radius 2 is 1.74 bits per heavy atom. The lowest BCUT2D eigenvalue weighted by molar-refractivity contribution is -0.138. The van der Waals surface area contributed by atoms with Crippen LogP contribution in [0.5, 0.6) is 0 Å². The van der Waals surface area contributed by atoms with E-state index in [1.165, 1.54) is 0 Å². The molecule has 0 fully saturated rings. The van der Waals surface area contributed by atoms with Gasteiger partial charge in [-0.2, -0.15) is 0 Å². The zero-order valence-electron chi connectivity index (χ0n) is 12.3. The molecule has 0 aliphatic carbocycles. The molecule has 1 heterocycles. The summed E-state index contributed by atoms with van der Waals surface area (Å²) in [6.45, 7) is -1.01. The maximum absolute atomic E-state index is 11.8. The first-order valence-electron chi connectivity index (χ1n) is 7.15. The molecule has 1 aromatic heterocycles. The molecule has 0 aliphatic heterocycles. The second-order valence-electron chi connectivity index (χ2n) is 5.08. The molecule has 0 unspecified atom stereocenters. The first-order valence-corrected chi connectivity index (χ1v) is 7.15. The molecular formula is C17H16N2O4. The molecule has 3 aromatic rings. The zero-order valence-corrected chi connectivity index (χ0v) is 12.3. The van der Waals surface area contributed by atoms with E-state index in [0.29, 0.717) is 5.89 Å². The molecule has 3 rings (SSSR count). The molecule has 23 heavy (non-hydrogen) atoms. The van der Waals surface area contributed by atoms with Gasteiger partial charge in [-0.25, -0.2) is 4.98 Å². The van der Waals surface area contributed by atoms with Crippen LogP contribution in [0.2, 0.25) is 0 Å². The summed E-state index contributed by atoms with van der Waals surface area (Å²) >= 11 is 0. The second kappa shape index (κ2) is 6.60. The Balaban J connectivity index is 1.78. The fourth-order valence-corrected chi connectivity index (χ4v) is 2.25. The minimum absolute atomic E-state index is 0.106. The predicted molar refractivity (Wildman–Crippen MR) is 84.2 cm³/mol. The monoisotopic (exact) mass is 312 g/mol. The van der Waals surface area contributed by atoms with E-state index in [2.05, 4.69) is 4.98 Å². The average Bonchev–Trinajstić information content (AvgIpc) is 3.00. The van der Waals surface area contributed by atoms with Crippen molar-refractivity contribution >= 4 is 17.0 Å². The minimum Gasteiger partial charge on any atom is -0.436 e. The summed E-state index contributed by atoms with van der Waals surface area (Å²) in [7, 11) is 0. The summed E-state index contributed by atoms with van der Waals surface area (Å²) in [5.74, 6) is 0.182. The number of nitrogens with zero attached hydrogens (tertiary/aromatic N) is 2. The number of amides is 1. The Bertz CT molecular complexity index is 774. The molecule has 0 saturated heterocycles. The lowest BCUT2D eigenvalue weighted by Gasteiger charge is -2.16. The van der Waals surface area contributed by atoms with Crippen LogP contribution in [0.4, 0.5) is 0 Å². The maximum Gasteiger partial charge on any atom is 0.230 e. The Kier molecular flexibility index (Phi) is 4.36. The van der Waals surface area contributed by atoms with Crippen molar-refractivity contribution in [2.75, 3.05) is 13.5 Å². The summed E-state index contributed by atoms with van der Waals surface area (Å²) in [5, 5.41) is 17.9. The van der Waals surface area contributed by atoms with Crippen LogP contribution >= 0.6 is 0 Å². The molecule has 1 amide bonds. The number of benzene rings is 2. The van der Waals surface area contributed by atoms with E-state index in [9.17, 15) is 4.79 Å². The third-order valence-corrected chi connectivity index (χ3v) is 3.54. The largest absolute Gasteiger partial charge is 0.436 e. The molecule has 0 spiro atoms. The highest BCUT2D eigenvalue weighted by Gasteiger charge is 2.12. The normalized spacial score (nSPS) is 10.9. The molecule has 2 N–H and O–H groups in total. The SMILES string of the molecule is O=C(Cc1ccc(-c2nc3ccccc3o2)cc1)N(CO)CO. The van der Waals surface area contributed by atoms with E-state index >= 15 is 0 Å². The Labute approximate surface area is 132 Å². The average molecular weight is 312 g/mol.